The molecule has 0 bridgehead atoms. The van der Waals surface area contributed by atoms with Crippen LogP contribution in [0.15, 0.2) is 24.3 Å². The van der Waals surface area contributed by atoms with E-state index in [0.717, 1.165) is 5.75 Å². The Hall–Kier alpha value is -1.10. The second-order valence-corrected chi connectivity index (χ2v) is 7.05. The van der Waals surface area contributed by atoms with E-state index in [1.165, 1.54) is 37.7 Å². The predicted molar refractivity (Wildman–Crippen MR) is 102 cm³/mol. The maximum atomic E-state index is 5.47. The van der Waals surface area contributed by atoms with Crippen molar-refractivity contribution < 1.29 is 18.9 Å². The van der Waals surface area contributed by atoms with Crippen LogP contribution in [-0.4, -0.2) is 41.3 Å². The van der Waals surface area contributed by atoms with Gasteiger partial charge in [0.1, 0.15) is 5.75 Å². The Morgan fingerprint density at radius 1 is 1.00 bits per heavy atom. The zero-order valence-electron chi connectivity index (χ0n) is 16.8. The molecule has 1 aliphatic rings. The fourth-order valence-corrected chi connectivity index (χ4v) is 3.87. The Bertz CT molecular complexity index is 467. The summed E-state index contributed by atoms with van der Waals surface area (Å²) in [7, 11) is 6.86. The lowest BCUT2D eigenvalue weighted by Crippen LogP contribution is -2.45. The van der Waals surface area contributed by atoms with E-state index in [0.29, 0.717) is 12.5 Å². The molecule has 0 radical (unpaired) electrons. The minimum absolute atomic E-state index is 0.0291. The molecule has 1 fully saturated rings. The highest BCUT2D eigenvalue weighted by Gasteiger charge is 2.42. The van der Waals surface area contributed by atoms with E-state index in [9.17, 15) is 0 Å². The third-order valence-corrected chi connectivity index (χ3v) is 5.27. The van der Waals surface area contributed by atoms with E-state index in [-0.39, 0.29) is 11.7 Å². The molecule has 1 aliphatic carbocycles. The van der Waals surface area contributed by atoms with Crippen LogP contribution in [0.3, 0.4) is 0 Å². The first-order chi connectivity index (χ1) is 12.0. The summed E-state index contributed by atoms with van der Waals surface area (Å²) in [5.41, 5.74) is 1.15. The average molecular weight is 353 g/mol. The number of para-hydroxylation sites is 1. The van der Waals surface area contributed by atoms with Crippen molar-refractivity contribution in [2.45, 2.75) is 52.2 Å². The van der Waals surface area contributed by atoms with Gasteiger partial charge in [-0.25, -0.2) is 0 Å². The van der Waals surface area contributed by atoms with Gasteiger partial charge >= 0.3 is 0 Å². The van der Waals surface area contributed by atoms with Gasteiger partial charge in [0.15, 0.2) is 6.29 Å². The van der Waals surface area contributed by atoms with E-state index in [2.05, 4.69) is 6.92 Å². The highest BCUT2D eigenvalue weighted by atomic mass is 16.7. The summed E-state index contributed by atoms with van der Waals surface area (Å²) >= 11 is 0. The first kappa shape index (κ1) is 21.9. The molecule has 0 amide bonds. The average Bonchev–Trinajstić information content (AvgIpc) is 2.64. The topological polar surface area (TPSA) is 36.9 Å². The molecule has 0 N–H and O–H groups in total. The van der Waals surface area contributed by atoms with Crippen LogP contribution in [-0.2, 0) is 14.2 Å². The molecule has 0 heterocycles. The zero-order valence-corrected chi connectivity index (χ0v) is 16.8. The fourth-order valence-electron chi connectivity index (χ4n) is 3.87. The number of benzene rings is 1. The highest BCUT2D eigenvalue weighted by molar-refractivity contribution is 5.31. The lowest BCUT2D eigenvalue weighted by molar-refractivity contribution is -0.208. The molecule has 0 aromatic heterocycles. The molecule has 1 unspecified atom stereocenters. The molecular formula is C21H36O4. The Kier molecular flexibility index (Phi) is 10.1. The normalized spacial score (nSPS) is 17.6. The van der Waals surface area contributed by atoms with Gasteiger partial charge in [-0.05, 0) is 37.3 Å². The first-order valence-electron chi connectivity index (χ1n) is 9.17. The van der Waals surface area contributed by atoms with Gasteiger partial charge in [0, 0.05) is 26.7 Å². The zero-order chi connectivity index (χ0) is 18.7. The lowest BCUT2D eigenvalue weighted by Gasteiger charge is -2.43. The van der Waals surface area contributed by atoms with Crippen molar-refractivity contribution in [3.63, 3.8) is 0 Å². The molecule has 25 heavy (non-hydrogen) atoms. The van der Waals surface area contributed by atoms with Crippen molar-refractivity contribution in [3.05, 3.63) is 29.8 Å². The molecule has 1 saturated carbocycles. The number of hydrogen-bond donors (Lipinski definition) is 0. The SMILES string of the molecule is COCC(C)(C1CCCCC1)C(OC)OC.COc1ccccc1C. The van der Waals surface area contributed by atoms with Crippen LogP contribution in [0, 0.1) is 18.3 Å². The molecule has 1 aromatic rings. The van der Waals surface area contributed by atoms with Gasteiger partial charge in [0.2, 0.25) is 0 Å². The number of rotatable bonds is 7. The van der Waals surface area contributed by atoms with Crippen LogP contribution in [0.2, 0.25) is 0 Å². The molecule has 144 valence electrons. The van der Waals surface area contributed by atoms with Gasteiger partial charge in [0.25, 0.3) is 0 Å². The van der Waals surface area contributed by atoms with Crippen LogP contribution in [0.5, 0.6) is 5.75 Å². The molecular weight excluding hydrogens is 316 g/mol. The van der Waals surface area contributed by atoms with Gasteiger partial charge in [-0.1, -0.05) is 44.4 Å². The summed E-state index contributed by atoms with van der Waals surface area (Å²) in [6, 6.07) is 7.94. The second kappa shape index (κ2) is 11.5. The van der Waals surface area contributed by atoms with Crippen LogP contribution < -0.4 is 4.74 Å². The van der Waals surface area contributed by atoms with E-state index in [1.807, 2.05) is 31.2 Å². The first-order valence-corrected chi connectivity index (χ1v) is 9.17. The van der Waals surface area contributed by atoms with Gasteiger partial charge in [-0.2, -0.15) is 0 Å². The van der Waals surface area contributed by atoms with Crippen molar-refractivity contribution in [2.75, 3.05) is 35.0 Å². The van der Waals surface area contributed by atoms with Crippen LogP contribution in [0.25, 0.3) is 0 Å². The van der Waals surface area contributed by atoms with Crippen molar-refractivity contribution in [3.8, 4) is 5.75 Å². The Labute approximate surface area is 153 Å². The molecule has 1 atom stereocenters. The Morgan fingerprint density at radius 3 is 2.04 bits per heavy atom. The minimum atomic E-state index is -0.171. The predicted octanol–water partition coefficient (Wildman–Crippen LogP) is 4.84. The summed E-state index contributed by atoms with van der Waals surface area (Å²) in [6.45, 7) is 4.95. The standard InChI is InChI=1S/C13H26O3.C8H10O/c1-13(10-14-2,12(15-3)16-4)11-8-6-5-7-9-11;1-7-5-3-4-6-8(7)9-2/h11-12H,5-10H2,1-4H3;3-6H,1-2H3. The van der Waals surface area contributed by atoms with Crippen molar-refractivity contribution >= 4 is 0 Å². The smallest absolute Gasteiger partial charge is 0.164 e. The Morgan fingerprint density at radius 2 is 1.60 bits per heavy atom. The molecule has 0 aliphatic heterocycles. The third kappa shape index (κ3) is 6.28. The lowest BCUT2D eigenvalue weighted by atomic mass is 9.69. The molecule has 1 aromatic carbocycles. The molecule has 0 saturated heterocycles. The van der Waals surface area contributed by atoms with E-state index in [1.54, 1.807) is 28.4 Å². The molecule has 2 rings (SSSR count). The van der Waals surface area contributed by atoms with Gasteiger partial charge < -0.3 is 18.9 Å². The maximum Gasteiger partial charge on any atom is 0.164 e. The van der Waals surface area contributed by atoms with E-state index in [4.69, 9.17) is 18.9 Å². The largest absolute Gasteiger partial charge is 0.496 e. The van der Waals surface area contributed by atoms with Crippen molar-refractivity contribution in [1.82, 2.24) is 0 Å². The number of aryl methyl sites for hydroxylation is 1. The quantitative estimate of drug-likeness (QED) is 0.658. The second-order valence-electron chi connectivity index (χ2n) is 7.05. The Balaban J connectivity index is 0.000000293. The maximum absolute atomic E-state index is 5.47. The monoisotopic (exact) mass is 352 g/mol. The molecule has 0 spiro atoms. The summed E-state index contributed by atoms with van der Waals surface area (Å²) in [4.78, 5) is 0. The summed E-state index contributed by atoms with van der Waals surface area (Å²) in [5.74, 6) is 1.60. The third-order valence-electron chi connectivity index (χ3n) is 5.27. The number of methoxy groups -OCH3 is 4. The minimum Gasteiger partial charge on any atom is -0.496 e. The van der Waals surface area contributed by atoms with Crippen molar-refractivity contribution in [2.24, 2.45) is 11.3 Å². The summed E-state index contributed by atoms with van der Waals surface area (Å²) in [5, 5.41) is 0. The van der Waals surface area contributed by atoms with Gasteiger partial charge in [0.05, 0.1) is 13.7 Å². The molecule has 4 nitrogen and oxygen atoms in total. The molecule has 4 heteroatoms. The number of ether oxygens (including phenoxy) is 4. The highest BCUT2D eigenvalue weighted by Crippen LogP contribution is 2.42. The van der Waals surface area contributed by atoms with E-state index < -0.39 is 0 Å². The van der Waals surface area contributed by atoms with Crippen LogP contribution in [0.1, 0.15) is 44.6 Å². The van der Waals surface area contributed by atoms with Crippen LogP contribution >= 0.6 is 0 Å². The summed E-state index contributed by atoms with van der Waals surface area (Å²) in [6.07, 6.45) is 6.38. The van der Waals surface area contributed by atoms with Gasteiger partial charge in [-0.3, -0.25) is 0 Å². The fraction of sp³-hybridized carbons (Fsp3) is 0.714. The van der Waals surface area contributed by atoms with Crippen molar-refractivity contribution in [1.29, 1.82) is 0 Å². The van der Waals surface area contributed by atoms with Gasteiger partial charge in [-0.15, -0.1) is 0 Å². The number of hydrogen-bond acceptors (Lipinski definition) is 4. The van der Waals surface area contributed by atoms with Crippen LogP contribution in [0.4, 0.5) is 0 Å². The summed E-state index contributed by atoms with van der Waals surface area (Å²) < 4.78 is 21.4. The van der Waals surface area contributed by atoms with E-state index >= 15 is 0 Å².